The minimum Gasteiger partial charge on any atom is -0.350 e. The van der Waals surface area contributed by atoms with Gasteiger partial charge in [0.25, 0.3) is 0 Å². The van der Waals surface area contributed by atoms with Crippen LogP contribution in [-0.2, 0) is 9.59 Å². The highest BCUT2D eigenvalue weighted by molar-refractivity contribution is 7.22. The molecule has 0 radical (unpaired) electrons. The molecule has 2 N–H and O–H groups in total. The fourth-order valence-corrected chi connectivity index (χ4v) is 4.10. The molecule has 6 nitrogen and oxygen atoms in total. The van der Waals surface area contributed by atoms with Gasteiger partial charge in [0.2, 0.25) is 11.8 Å². The summed E-state index contributed by atoms with van der Waals surface area (Å²) in [7, 11) is 0. The first-order valence-corrected chi connectivity index (χ1v) is 9.76. The highest BCUT2D eigenvalue weighted by Gasteiger charge is 2.25. The third-order valence-electron chi connectivity index (χ3n) is 4.55. The highest BCUT2D eigenvalue weighted by atomic mass is 32.1. The molecular formula is C20H20N4O2S. The molecule has 1 atom stereocenters. The summed E-state index contributed by atoms with van der Waals surface area (Å²) in [6.07, 6.45) is 1.40. The van der Waals surface area contributed by atoms with Crippen LogP contribution in [0.4, 0.5) is 16.5 Å². The van der Waals surface area contributed by atoms with Crippen molar-refractivity contribution in [2.45, 2.75) is 25.8 Å². The van der Waals surface area contributed by atoms with E-state index in [0.717, 1.165) is 22.3 Å². The number of thiazole rings is 1. The van der Waals surface area contributed by atoms with Crippen molar-refractivity contribution in [3.05, 3.63) is 48.5 Å². The molecule has 3 aromatic rings. The molecule has 4 rings (SSSR count). The van der Waals surface area contributed by atoms with Gasteiger partial charge in [-0.25, -0.2) is 4.98 Å². The van der Waals surface area contributed by atoms with Crippen LogP contribution in [0.15, 0.2) is 48.5 Å². The number of rotatable bonds is 5. The van der Waals surface area contributed by atoms with Gasteiger partial charge in [0.1, 0.15) is 6.04 Å². The zero-order valence-corrected chi connectivity index (χ0v) is 15.8. The molecule has 0 bridgehead atoms. The Balaban J connectivity index is 1.48. The lowest BCUT2D eigenvalue weighted by molar-refractivity contribution is -0.117. The summed E-state index contributed by atoms with van der Waals surface area (Å²) >= 11 is 1.52. The smallest absolute Gasteiger partial charge is 0.246 e. The lowest BCUT2D eigenvalue weighted by Gasteiger charge is -2.21. The van der Waals surface area contributed by atoms with E-state index in [-0.39, 0.29) is 11.8 Å². The third-order valence-corrected chi connectivity index (χ3v) is 5.52. The van der Waals surface area contributed by atoms with Gasteiger partial charge in [-0.05, 0) is 37.6 Å². The van der Waals surface area contributed by atoms with E-state index in [2.05, 4.69) is 15.6 Å². The van der Waals surface area contributed by atoms with Crippen LogP contribution in [0, 0.1) is 0 Å². The molecule has 7 heteroatoms. The molecule has 138 valence electrons. The molecular weight excluding hydrogens is 360 g/mol. The molecule has 1 aliphatic rings. The first kappa shape index (κ1) is 17.5. The number of amides is 2. The summed E-state index contributed by atoms with van der Waals surface area (Å²) < 4.78 is 1.07. The number of carbonyl (C=O) groups is 2. The van der Waals surface area contributed by atoms with Gasteiger partial charge in [0.05, 0.1) is 21.6 Å². The van der Waals surface area contributed by atoms with E-state index >= 15 is 0 Å². The molecule has 2 heterocycles. The number of hydrogen-bond acceptors (Lipinski definition) is 5. The minimum absolute atomic E-state index is 0.0948. The van der Waals surface area contributed by atoms with Crippen LogP contribution in [-0.4, -0.2) is 29.4 Å². The fraction of sp³-hybridized carbons (Fsp3) is 0.250. The van der Waals surface area contributed by atoms with Gasteiger partial charge in [0, 0.05) is 13.0 Å². The molecule has 1 fully saturated rings. The first-order chi connectivity index (χ1) is 13.1. The topological polar surface area (TPSA) is 74.3 Å². The molecule has 1 aliphatic heterocycles. The molecule has 1 saturated heterocycles. The average molecular weight is 380 g/mol. The van der Waals surface area contributed by atoms with Gasteiger partial charge in [0.15, 0.2) is 5.13 Å². The predicted molar refractivity (Wildman–Crippen MR) is 109 cm³/mol. The minimum atomic E-state index is -0.465. The van der Waals surface area contributed by atoms with Gasteiger partial charge in [-0.3, -0.25) is 9.59 Å². The Morgan fingerprint density at radius 2 is 1.96 bits per heavy atom. The summed E-state index contributed by atoms with van der Waals surface area (Å²) in [4.78, 5) is 31.0. The predicted octanol–water partition coefficient (Wildman–Crippen LogP) is 3.86. The number of anilines is 3. The Hall–Kier alpha value is -2.93. The van der Waals surface area contributed by atoms with E-state index in [0.29, 0.717) is 23.8 Å². The molecule has 0 aliphatic carbocycles. The highest BCUT2D eigenvalue weighted by Crippen LogP contribution is 2.30. The van der Waals surface area contributed by atoms with Crippen LogP contribution in [0.5, 0.6) is 0 Å². The van der Waals surface area contributed by atoms with Crippen LogP contribution in [0.2, 0.25) is 0 Å². The number of aromatic nitrogens is 1. The van der Waals surface area contributed by atoms with Crippen LogP contribution in [0.3, 0.4) is 0 Å². The van der Waals surface area contributed by atoms with Crippen LogP contribution >= 0.6 is 11.3 Å². The molecule has 0 spiro atoms. The molecule has 0 saturated carbocycles. The van der Waals surface area contributed by atoms with Gasteiger partial charge in [-0.15, -0.1) is 0 Å². The SMILES string of the molecule is CC(Nc1nc2ccccc2s1)C(=O)Nc1ccccc1N1CCCC1=O. The lowest BCUT2D eigenvalue weighted by Crippen LogP contribution is -2.33. The summed E-state index contributed by atoms with van der Waals surface area (Å²) in [6.45, 7) is 2.48. The van der Waals surface area contributed by atoms with E-state index in [1.54, 1.807) is 11.8 Å². The number of nitrogens with one attached hydrogen (secondary N) is 2. The monoisotopic (exact) mass is 380 g/mol. The van der Waals surface area contributed by atoms with E-state index in [1.807, 2.05) is 48.5 Å². The lowest BCUT2D eigenvalue weighted by atomic mass is 10.2. The maximum Gasteiger partial charge on any atom is 0.246 e. The summed E-state index contributed by atoms with van der Waals surface area (Å²) in [5.74, 6) is -0.0781. The van der Waals surface area contributed by atoms with E-state index < -0.39 is 6.04 Å². The summed E-state index contributed by atoms with van der Waals surface area (Å²) in [6, 6.07) is 14.8. The number of fused-ring (bicyclic) bond motifs is 1. The normalized spacial score (nSPS) is 15.1. The van der Waals surface area contributed by atoms with Crippen LogP contribution in [0.1, 0.15) is 19.8 Å². The second kappa shape index (κ2) is 7.36. The second-order valence-corrected chi connectivity index (χ2v) is 7.54. The van der Waals surface area contributed by atoms with Crippen molar-refractivity contribution in [2.24, 2.45) is 0 Å². The molecule has 27 heavy (non-hydrogen) atoms. The Morgan fingerprint density at radius 3 is 2.74 bits per heavy atom. The molecule has 2 amide bonds. The second-order valence-electron chi connectivity index (χ2n) is 6.51. The summed E-state index contributed by atoms with van der Waals surface area (Å²) in [5.41, 5.74) is 2.31. The van der Waals surface area contributed by atoms with Crippen molar-refractivity contribution in [3.63, 3.8) is 0 Å². The van der Waals surface area contributed by atoms with Gasteiger partial charge < -0.3 is 15.5 Å². The van der Waals surface area contributed by atoms with Crippen LogP contribution in [0.25, 0.3) is 10.2 Å². The third kappa shape index (κ3) is 3.64. The number of benzene rings is 2. The maximum atomic E-state index is 12.7. The quantitative estimate of drug-likeness (QED) is 0.705. The van der Waals surface area contributed by atoms with E-state index in [4.69, 9.17) is 0 Å². The van der Waals surface area contributed by atoms with Crippen molar-refractivity contribution >= 4 is 49.9 Å². The van der Waals surface area contributed by atoms with Crippen LogP contribution < -0.4 is 15.5 Å². The van der Waals surface area contributed by atoms with Gasteiger partial charge in [-0.1, -0.05) is 35.6 Å². The number of nitrogens with zero attached hydrogens (tertiary/aromatic N) is 2. The largest absolute Gasteiger partial charge is 0.350 e. The number of carbonyl (C=O) groups excluding carboxylic acids is 2. The molecule has 1 unspecified atom stereocenters. The van der Waals surface area contributed by atoms with Crippen molar-refractivity contribution in [3.8, 4) is 0 Å². The van der Waals surface area contributed by atoms with Gasteiger partial charge >= 0.3 is 0 Å². The first-order valence-electron chi connectivity index (χ1n) is 8.94. The Bertz CT molecular complexity index is 967. The van der Waals surface area contributed by atoms with Crippen molar-refractivity contribution in [1.82, 2.24) is 4.98 Å². The number of hydrogen-bond donors (Lipinski definition) is 2. The van der Waals surface area contributed by atoms with E-state index in [9.17, 15) is 9.59 Å². The van der Waals surface area contributed by atoms with Crippen molar-refractivity contribution in [1.29, 1.82) is 0 Å². The maximum absolute atomic E-state index is 12.7. The zero-order chi connectivity index (χ0) is 18.8. The zero-order valence-electron chi connectivity index (χ0n) is 14.9. The Labute approximate surface area is 161 Å². The fourth-order valence-electron chi connectivity index (χ4n) is 3.14. The standard InChI is InChI=1S/C20H20N4O2S/c1-13(21-20-23-15-8-3-5-10-17(15)27-20)19(26)22-14-7-2-4-9-16(14)24-12-6-11-18(24)25/h2-5,7-10,13H,6,11-12H2,1H3,(H,21,23)(H,22,26). The van der Waals surface area contributed by atoms with Crippen molar-refractivity contribution < 1.29 is 9.59 Å². The summed E-state index contributed by atoms with van der Waals surface area (Å²) in [5, 5.41) is 6.82. The van der Waals surface area contributed by atoms with Crippen molar-refractivity contribution in [2.75, 3.05) is 22.1 Å². The van der Waals surface area contributed by atoms with Gasteiger partial charge in [-0.2, -0.15) is 0 Å². The average Bonchev–Trinajstić information content (AvgIpc) is 3.27. The number of para-hydroxylation sites is 3. The Morgan fingerprint density at radius 1 is 1.19 bits per heavy atom. The van der Waals surface area contributed by atoms with E-state index in [1.165, 1.54) is 11.3 Å². The Kier molecular flexibility index (Phi) is 4.77. The molecule has 1 aromatic heterocycles. The molecule has 2 aromatic carbocycles.